The summed E-state index contributed by atoms with van der Waals surface area (Å²) in [7, 11) is 0. The molecule has 1 atom stereocenters. The van der Waals surface area contributed by atoms with Gasteiger partial charge in [-0.1, -0.05) is 30.3 Å². The van der Waals surface area contributed by atoms with Crippen molar-refractivity contribution in [3.05, 3.63) is 71.3 Å². The monoisotopic (exact) mass is 376 g/mol. The second kappa shape index (κ2) is 7.82. The van der Waals surface area contributed by atoms with Crippen molar-refractivity contribution in [2.45, 2.75) is 25.1 Å². The standard InChI is InChI=1S/C20H19F3N2O2/c21-20(22,23)16-10-8-15(9-11-16)19(27)24-17(14-5-2-1-3-6-14)13-25-12-4-7-18(25)26/h1-3,5-6,8-11,17H,4,7,12-13H2,(H,24,27)/t17-/m0/s1. The Bertz CT molecular complexity index is 804. The van der Waals surface area contributed by atoms with Crippen molar-refractivity contribution in [2.75, 3.05) is 13.1 Å². The zero-order valence-electron chi connectivity index (χ0n) is 14.5. The Morgan fingerprint density at radius 3 is 2.30 bits per heavy atom. The van der Waals surface area contributed by atoms with Crippen LogP contribution < -0.4 is 5.32 Å². The maximum absolute atomic E-state index is 12.7. The van der Waals surface area contributed by atoms with Crippen LogP contribution in [-0.4, -0.2) is 29.8 Å². The van der Waals surface area contributed by atoms with E-state index in [0.29, 0.717) is 19.5 Å². The summed E-state index contributed by atoms with van der Waals surface area (Å²) < 4.78 is 38.0. The summed E-state index contributed by atoms with van der Waals surface area (Å²) in [5.41, 5.74) is 0.162. The van der Waals surface area contributed by atoms with E-state index < -0.39 is 23.7 Å². The summed E-state index contributed by atoms with van der Waals surface area (Å²) >= 11 is 0. The van der Waals surface area contributed by atoms with Gasteiger partial charge in [-0.3, -0.25) is 9.59 Å². The van der Waals surface area contributed by atoms with Crippen molar-refractivity contribution in [3.8, 4) is 0 Å². The Morgan fingerprint density at radius 1 is 1.07 bits per heavy atom. The Labute approximate surface area is 155 Å². The molecule has 4 nitrogen and oxygen atoms in total. The van der Waals surface area contributed by atoms with Crippen LogP contribution in [0.15, 0.2) is 54.6 Å². The molecule has 2 aromatic rings. The number of alkyl halides is 3. The molecule has 1 fully saturated rings. The van der Waals surface area contributed by atoms with Gasteiger partial charge in [-0.25, -0.2) is 0 Å². The van der Waals surface area contributed by atoms with Crippen LogP contribution in [0.3, 0.4) is 0 Å². The molecule has 0 unspecified atom stereocenters. The molecular formula is C20H19F3N2O2. The van der Waals surface area contributed by atoms with Crippen LogP contribution in [-0.2, 0) is 11.0 Å². The molecule has 0 spiro atoms. The van der Waals surface area contributed by atoms with Gasteiger partial charge in [0.2, 0.25) is 5.91 Å². The molecule has 2 aromatic carbocycles. The molecule has 1 saturated heterocycles. The third-order valence-corrected chi connectivity index (χ3v) is 4.56. The van der Waals surface area contributed by atoms with Crippen molar-refractivity contribution in [1.82, 2.24) is 10.2 Å². The number of amides is 2. The van der Waals surface area contributed by atoms with Gasteiger partial charge in [0, 0.05) is 25.1 Å². The van der Waals surface area contributed by atoms with Crippen molar-refractivity contribution in [2.24, 2.45) is 0 Å². The fourth-order valence-electron chi connectivity index (χ4n) is 3.09. The van der Waals surface area contributed by atoms with Crippen molar-refractivity contribution in [3.63, 3.8) is 0 Å². The van der Waals surface area contributed by atoms with Crippen LogP contribution in [0.2, 0.25) is 0 Å². The molecule has 3 rings (SSSR count). The average molecular weight is 376 g/mol. The van der Waals surface area contributed by atoms with Crippen LogP contribution in [0.25, 0.3) is 0 Å². The lowest BCUT2D eigenvalue weighted by molar-refractivity contribution is -0.137. The van der Waals surface area contributed by atoms with Crippen LogP contribution >= 0.6 is 0 Å². The number of rotatable bonds is 5. The number of likely N-dealkylation sites (tertiary alicyclic amines) is 1. The number of halogens is 3. The molecule has 1 heterocycles. The first kappa shape index (κ1) is 18.9. The van der Waals surface area contributed by atoms with Gasteiger partial charge in [0.15, 0.2) is 0 Å². The molecule has 7 heteroatoms. The zero-order valence-corrected chi connectivity index (χ0v) is 14.5. The Balaban J connectivity index is 1.76. The van der Waals surface area contributed by atoms with Gasteiger partial charge in [-0.2, -0.15) is 13.2 Å². The number of nitrogens with zero attached hydrogens (tertiary/aromatic N) is 1. The van der Waals surface area contributed by atoms with Crippen LogP contribution in [0.4, 0.5) is 13.2 Å². The normalized spacial score (nSPS) is 15.7. The minimum absolute atomic E-state index is 0.0414. The topological polar surface area (TPSA) is 49.4 Å². The predicted octanol–water partition coefficient (Wildman–Crippen LogP) is 3.80. The number of carbonyl (C=O) groups excluding carboxylic acids is 2. The molecule has 142 valence electrons. The number of hydrogen-bond donors (Lipinski definition) is 1. The fourth-order valence-corrected chi connectivity index (χ4v) is 3.09. The van der Waals surface area contributed by atoms with Gasteiger partial charge in [0.1, 0.15) is 0 Å². The van der Waals surface area contributed by atoms with E-state index in [1.54, 1.807) is 4.90 Å². The Kier molecular flexibility index (Phi) is 5.48. The summed E-state index contributed by atoms with van der Waals surface area (Å²) in [6.45, 7) is 0.966. The molecule has 2 amide bonds. The lowest BCUT2D eigenvalue weighted by Crippen LogP contribution is -2.38. The molecular weight excluding hydrogens is 357 g/mol. The number of carbonyl (C=O) groups is 2. The van der Waals surface area contributed by atoms with Gasteiger partial charge in [0.05, 0.1) is 11.6 Å². The highest BCUT2D eigenvalue weighted by Crippen LogP contribution is 2.29. The van der Waals surface area contributed by atoms with Crippen molar-refractivity contribution in [1.29, 1.82) is 0 Å². The third-order valence-electron chi connectivity index (χ3n) is 4.56. The molecule has 1 aliphatic heterocycles. The molecule has 1 N–H and O–H groups in total. The Hall–Kier alpha value is -2.83. The summed E-state index contributed by atoms with van der Waals surface area (Å²) in [5.74, 6) is -0.441. The zero-order chi connectivity index (χ0) is 19.4. The van der Waals surface area contributed by atoms with E-state index in [9.17, 15) is 22.8 Å². The first-order valence-electron chi connectivity index (χ1n) is 8.65. The van der Waals surface area contributed by atoms with Gasteiger partial charge in [-0.05, 0) is 36.2 Å². The minimum atomic E-state index is -4.45. The molecule has 0 aromatic heterocycles. The number of hydrogen-bond acceptors (Lipinski definition) is 2. The largest absolute Gasteiger partial charge is 0.416 e. The molecule has 0 bridgehead atoms. The highest BCUT2D eigenvalue weighted by Gasteiger charge is 2.30. The predicted molar refractivity (Wildman–Crippen MR) is 93.9 cm³/mol. The van der Waals surface area contributed by atoms with Gasteiger partial charge >= 0.3 is 6.18 Å². The molecule has 0 radical (unpaired) electrons. The maximum Gasteiger partial charge on any atom is 0.416 e. The van der Waals surface area contributed by atoms with Crippen molar-refractivity contribution >= 4 is 11.8 Å². The first-order valence-corrected chi connectivity index (χ1v) is 8.65. The minimum Gasteiger partial charge on any atom is -0.343 e. The highest BCUT2D eigenvalue weighted by molar-refractivity contribution is 5.94. The Morgan fingerprint density at radius 2 is 1.74 bits per heavy atom. The molecule has 0 saturated carbocycles. The summed E-state index contributed by atoms with van der Waals surface area (Å²) in [5, 5.41) is 2.84. The lowest BCUT2D eigenvalue weighted by atomic mass is 10.0. The SMILES string of the molecule is O=C(N[C@@H](CN1CCCC1=O)c1ccccc1)c1ccc(C(F)(F)F)cc1. The van der Waals surface area contributed by atoms with Gasteiger partial charge in [0.25, 0.3) is 5.91 Å². The van der Waals surface area contributed by atoms with E-state index in [0.717, 1.165) is 36.2 Å². The van der Waals surface area contributed by atoms with E-state index in [1.807, 2.05) is 30.3 Å². The van der Waals surface area contributed by atoms with E-state index >= 15 is 0 Å². The van der Waals surface area contributed by atoms with Gasteiger partial charge in [-0.15, -0.1) is 0 Å². The van der Waals surface area contributed by atoms with E-state index in [-0.39, 0.29) is 11.5 Å². The van der Waals surface area contributed by atoms with Crippen LogP contribution in [0.1, 0.15) is 40.4 Å². The smallest absolute Gasteiger partial charge is 0.343 e. The number of benzene rings is 2. The summed E-state index contributed by atoms with van der Waals surface area (Å²) in [4.78, 5) is 26.2. The van der Waals surface area contributed by atoms with Crippen molar-refractivity contribution < 1.29 is 22.8 Å². The number of nitrogens with one attached hydrogen (secondary N) is 1. The summed E-state index contributed by atoms with van der Waals surface area (Å²) in [6, 6.07) is 12.8. The second-order valence-corrected chi connectivity index (χ2v) is 6.46. The lowest BCUT2D eigenvalue weighted by Gasteiger charge is -2.25. The quantitative estimate of drug-likeness (QED) is 0.863. The van der Waals surface area contributed by atoms with Crippen LogP contribution in [0, 0.1) is 0 Å². The first-order chi connectivity index (χ1) is 12.8. The third kappa shape index (κ3) is 4.67. The average Bonchev–Trinajstić information content (AvgIpc) is 3.06. The molecule has 1 aliphatic rings. The van der Waals surface area contributed by atoms with Gasteiger partial charge < -0.3 is 10.2 Å². The molecule has 0 aliphatic carbocycles. The van der Waals surface area contributed by atoms with Crippen LogP contribution in [0.5, 0.6) is 0 Å². The van der Waals surface area contributed by atoms with E-state index in [1.165, 1.54) is 0 Å². The van der Waals surface area contributed by atoms with E-state index in [2.05, 4.69) is 5.32 Å². The fraction of sp³-hybridized carbons (Fsp3) is 0.300. The second-order valence-electron chi connectivity index (χ2n) is 6.46. The maximum atomic E-state index is 12.7. The highest BCUT2D eigenvalue weighted by atomic mass is 19.4. The summed E-state index contributed by atoms with van der Waals surface area (Å²) in [6.07, 6.45) is -3.17. The molecule has 27 heavy (non-hydrogen) atoms. The van der Waals surface area contributed by atoms with E-state index in [4.69, 9.17) is 0 Å².